The summed E-state index contributed by atoms with van der Waals surface area (Å²) in [5.41, 5.74) is 2.81. The van der Waals surface area contributed by atoms with Gasteiger partial charge in [0.1, 0.15) is 17.3 Å². The number of aromatic nitrogens is 3. The second-order valence-corrected chi connectivity index (χ2v) is 8.30. The minimum Gasteiger partial charge on any atom is -0.481 e. The van der Waals surface area contributed by atoms with Gasteiger partial charge in [-0.3, -0.25) is 4.79 Å². The average Bonchev–Trinajstić information content (AvgIpc) is 3.17. The Kier molecular flexibility index (Phi) is 4.53. The third kappa shape index (κ3) is 3.05. The van der Waals surface area contributed by atoms with E-state index in [1.807, 2.05) is 12.1 Å². The number of fused-ring (bicyclic) bond motifs is 4. The van der Waals surface area contributed by atoms with Crippen LogP contribution in [-0.4, -0.2) is 32.1 Å². The monoisotopic (exact) mass is 406 g/mol. The standard InChI is InChI=1S/C23H23FN4O2/c1-2-12-7-8-18(17-11-26-22-16(17)9-15(24)10-25-22)27-21(12)28-20-14-5-3-13(4-6-14)19(20)23(29)30/h2,7-11,13-14,19-20H,1,3-6H2,(H,25,26)(H,27,28)(H,29,30)/t13?,14?,19-,20-/m1/s1. The van der Waals surface area contributed by atoms with Gasteiger partial charge in [0, 0.05) is 28.8 Å². The topological polar surface area (TPSA) is 90.9 Å². The maximum Gasteiger partial charge on any atom is 0.308 e. The molecule has 154 valence electrons. The summed E-state index contributed by atoms with van der Waals surface area (Å²) in [5.74, 6) is -0.408. The van der Waals surface area contributed by atoms with E-state index in [0.717, 1.165) is 36.8 Å². The molecule has 0 saturated heterocycles. The summed E-state index contributed by atoms with van der Waals surface area (Å²) in [5, 5.41) is 14.0. The van der Waals surface area contributed by atoms with E-state index in [4.69, 9.17) is 4.98 Å². The molecule has 0 radical (unpaired) electrons. The zero-order chi connectivity index (χ0) is 20.8. The van der Waals surface area contributed by atoms with Crippen LogP contribution >= 0.6 is 0 Å². The first-order valence-electron chi connectivity index (χ1n) is 10.3. The van der Waals surface area contributed by atoms with Crippen molar-refractivity contribution in [2.45, 2.75) is 31.7 Å². The summed E-state index contributed by atoms with van der Waals surface area (Å²) < 4.78 is 13.7. The number of aliphatic carboxylic acids is 1. The zero-order valence-electron chi connectivity index (χ0n) is 16.4. The van der Waals surface area contributed by atoms with E-state index >= 15 is 0 Å². The van der Waals surface area contributed by atoms with E-state index in [1.165, 1.54) is 12.3 Å². The molecule has 3 heterocycles. The summed E-state index contributed by atoms with van der Waals surface area (Å²) in [7, 11) is 0. The Morgan fingerprint density at radius 3 is 2.77 bits per heavy atom. The number of rotatable bonds is 5. The van der Waals surface area contributed by atoms with Crippen LogP contribution < -0.4 is 5.32 Å². The van der Waals surface area contributed by atoms with Crippen molar-refractivity contribution in [1.29, 1.82) is 0 Å². The highest BCUT2D eigenvalue weighted by molar-refractivity contribution is 5.93. The van der Waals surface area contributed by atoms with Gasteiger partial charge < -0.3 is 15.4 Å². The molecule has 3 aromatic heterocycles. The summed E-state index contributed by atoms with van der Waals surface area (Å²) in [6, 6.07) is 5.04. The molecule has 3 aliphatic rings. The number of halogens is 1. The van der Waals surface area contributed by atoms with Gasteiger partial charge in [-0.15, -0.1) is 0 Å². The molecule has 6 rings (SSSR count). The molecule has 3 fully saturated rings. The Balaban J connectivity index is 1.54. The maximum absolute atomic E-state index is 13.7. The minimum absolute atomic E-state index is 0.154. The van der Waals surface area contributed by atoms with Gasteiger partial charge in [0.2, 0.25) is 0 Å². The quantitative estimate of drug-likeness (QED) is 0.571. The second-order valence-electron chi connectivity index (χ2n) is 8.30. The van der Waals surface area contributed by atoms with E-state index in [1.54, 1.807) is 12.3 Å². The highest BCUT2D eigenvalue weighted by Crippen LogP contribution is 2.46. The van der Waals surface area contributed by atoms with Gasteiger partial charge in [-0.05, 0) is 55.7 Å². The highest BCUT2D eigenvalue weighted by Gasteiger charge is 2.47. The van der Waals surface area contributed by atoms with Gasteiger partial charge in [-0.1, -0.05) is 12.7 Å². The van der Waals surface area contributed by atoms with E-state index in [0.29, 0.717) is 28.5 Å². The fourth-order valence-corrected chi connectivity index (χ4v) is 5.26. The molecule has 30 heavy (non-hydrogen) atoms. The molecule has 7 heteroatoms. The summed E-state index contributed by atoms with van der Waals surface area (Å²) in [6.07, 6.45) is 8.70. The fraction of sp³-hybridized carbons (Fsp3) is 0.348. The van der Waals surface area contributed by atoms with Gasteiger partial charge in [0.05, 0.1) is 17.8 Å². The van der Waals surface area contributed by atoms with Crippen LogP contribution in [0.1, 0.15) is 31.2 Å². The lowest BCUT2D eigenvalue weighted by Crippen LogP contribution is -2.51. The number of hydrogen-bond acceptors (Lipinski definition) is 4. The molecule has 3 saturated carbocycles. The summed E-state index contributed by atoms with van der Waals surface area (Å²) in [6.45, 7) is 3.88. The molecule has 0 aromatic carbocycles. The van der Waals surface area contributed by atoms with E-state index in [2.05, 4.69) is 21.9 Å². The lowest BCUT2D eigenvalue weighted by molar-refractivity contribution is -0.148. The van der Waals surface area contributed by atoms with Crippen LogP contribution in [-0.2, 0) is 4.79 Å². The van der Waals surface area contributed by atoms with Gasteiger partial charge >= 0.3 is 5.97 Å². The first kappa shape index (κ1) is 18.8. The van der Waals surface area contributed by atoms with Crippen LogP contribution in [0.5, 0.6) is 0 Å². The highest BCUT2D eigenvalue weighted by atomic mass is 19.1. The number of carbonyl (C=O) groups is 1. The van der Waals surface area contributed by atoms with Gasteiger partial charge in [0.15, 0.2) is 0 Å². The van der Waals surface area contributed by atoms with Crippen LogP contribution in [0.15, 0.2) is 37.2 Å². The lowest BCUT2D eigenvalue weighted by Gasteiger charge is -2.47. The van der Waals surface area contributed by atoms with Crippen LogP contribution in [0.4, 0.5) is 10.2 Å². The average molecular weight is 406 g/mol. The van der Waals surface area contributed by atoms with Crippen molar-refractivity contribution < 1.29 is 14.3 Å². The fourth-order valence-electron chi connectivity index (χ4n) is 5.26. The number of carboxylic acid groups (broad SMARTS) is 1. The predicted octanol–water partition coefficient (Wildman–Crippen LogP) is 4.71. The number of hydrogen-bond donors (Lipinski definition) is 3. The first-order chi connectivity index (χ1) is 14.5. The Bertz CT molecular complexity index is 1130. The van der Waals surface area contributed by atoms with E-state index < -0.39 is 17.7 Å². The summed E-state index contributed by atoms with van der Waals surface area (Å²) >= 11 is 0. The lowest BCUT2D eigenvalue weighted by atomic mass is 9.61. The molecule has 6 nitrogen and oxygen atoms in total. The number of H-pyrrole nitrogens is 1. The molecule has 3 N–H and O–H groups in total. The maximum atomic E-state index is 13.7. The number of carboxylic acids is 1. The van der Waals surface area contributed by atoms with Crippen molar-refractivity contribution in [1.82, 2.24) is 15.0 Å². The molecule has 0 aliphatic heterocycles. The predicted molar refractivity (Wildman–Crippen MR) is 113 cm³/mol. The third-order valence-electron chi connectivity index (χ3n) is 6.73. The SMILES string of the molecule is C=Cc1ccc(-c2c[nH]c3ncc(F)cc23)nc1N[C@@H]1C2CCC(CC2)[C@H]1C(=O)O. The van der Waals surface area contributed by atoms with Gasteiger partial charge in [-0.25, -0.2) is 14.4 Å². The molecular weight excluding hydrogens is 383 g/mol. The van der Waals surface area contributed by atoms with Crippen LogP contribution in [0, 0.1) is 23.6 Å². The molecule has 0 unspecified atom stereocenters. The largest absolute Gasteiger partial charge is 0.481 e. The van der Waals surface area contributed by atoms with Gasteiger partial charge in [0.25, 0.3) is 0 Å². The van der Waals surface area contributed by atoms with Crippen LogP contribution in [0.2, 0.25) is 0 Å². The first-order valence-corrected chi connectivity index (χ1v) is 10.3. The number of anilines is 1. The van der Waals surface area contributed by atoms with E-state index in [-0.39, 0.29) is 12.0 Å². The van der Waals surface area contributed by atoms with Gasteiger partial charge in [-0.2, -0.15) is 0 Å². The van der Waals surface area contributed by atoms with Crippen molar-refractivity contribution in [2.75, 3.05) is 5.32 Å². The normalized spacial score (nSPS) is 25.4. The molecular formula is C23H23FN4O2. The van der Waals surface area contributed by atoms with Crippen LogP contribution in [0.25, 0.3) is 28.4 Å². The number of pyridine rings is 2. The van der Waals surface area contributed by atoms with Crippen molar-refractivity contribution >= 4 is 28.9 Å². The molecule has 3 aliphatic carbocycles. The molecule has 2 atom stereocenters. The Morgan fingerprint density at radius 1 is 1.27 bits per heavy atom. The van der Waals surface area contributed by atoms with Crippen molar-refractivity contribution in [3.8, 4) is 11.3 Å². The van der Waals surface area contributed by atoms with Crippen molar-refractivity contribution in [3.05, 3.63) is 48.6 Å². The third-order valence-corrected chi connectivity index (χ3v) is 6.73. The number of nitrogens with zero attached hydrogens (tertiary/aromatic N) is 2. The molecule has 3 aromatic rings. The molecule has 0 amide bonds. The second kappa shape index (κ2) is 7.23. The molecule has 0 spiro atoms. The molecule has 2 bridgehead atoms. The zero-order valence-corrected chi connectivity index (χ0v) is 16.4. The Labute approximate surface area is 173 Å². The smallest absolute Gasteiger partial charge is 0.308 e. The number of aromatic amines is 1. The Morgan fingerprint density at radius 2 is 2.03 bits per heavy atom. The van der Waals surface area contributed by atoms with E-state index in [9.17, 15) is 14.3 Å². The van der Waals surface area contributed by atoms with Crippen LogP contribution in [0.3, 0.4) is 0 Å². The minimum atomic E-state index is -0.739. The van der Waals surface area contributed by atoms with Crippen molar-refractivity contribution in [2.24, 2.45) is 17.8 Å². The van der Waals surface area contributed by atoms with Crippen molar-refractivity contribution in [3.63, 3.8) is 0 Å². The number of nitrogens with one attached hydrogen (secondary N) is 2. The Hall–Kier alpha value is -3.22. The summed E-state index contributed by atoms with van der Waals surface area (Å²) in [4.78, 5) is 23.9.